The first-order chi connectivity index (χ1) is 12.0. The van der Waals surface area contributed by atoms with E-state index in [9.17, 15) is 9.90 Å². The van der Waals surface area contributed by atoms with Gasteiger partial charge in [0.25, 0.3) is 5.91 Å². The van der Waals surface area contributed by atoms with E-state index in [1.807, 2.05) is 12.1 Å². The highest BCUT2D eigenvalue weighted by atomic mass is 127. The first-order valence-corrected chi connectivity index (χ1v) is 8.68. The molecule has 0 aromatic heterocycles. The predicted octanol–water partition coefficient (Wildman–Crippen LogP) is 2.48. The van der Waals surface area contributed by atoms with Crippen LogP contribution in [0.3, 0.4) is 0 Å². The van der Waals surface area contributed by atoms with Crippen LogP contribution in [0.25, 0.3) is 0 Å². The maximum atomic E-state index is 12.1. The Balaban J connectivity index is 1.89. The monoisotopic (exact) mass is 457 g/mol. The molecule has 7 heteroatoms. The summed E-state index contributed by atoms with van der Waals surface area (Å²) >= 11 is 2.14. The molecule has 0 aliphatic rings. The zero-order valence-corrected chi connectivity index (χ0v) is 16.1. The lowest BCUT2D eigenvalue weighted by molar-refractivity contribution is 0.0833. The zero-order valence-electron chi connectivity index (χ0n) is 14.0. The van der Waals surface area contributed by atoms with Crippen LogP contribution in [0.15, 0.2) is 42.5 Å². The maximum absolute atomic E-state index is 12.1. The van der Waals surface area contributed by atoms with Crippen molar-refractivity contribution in [1.82, 2.24) is 5.32 Å². The van der Waals surface area contributed by atoms with Gasteiger partial charge in [-0.05, 0) is 52.9 Å². The summed E-state index contributed by atoms with van der Waals surface area (Å²) in [5, 5.41) is 12.7. The van der Waals surface area contributed by atoms with E-state index in [0.29, 0.717) is 22.8 Å². The van der Waals surface area contributed by atoms with Gasteiger partial charge in [0.1, 0.15) is 12.7 Å². The van der Waals surface area contributed by atoms with Crippen molar-refractivity contribution in [3.8, 4) is 17.2 Å². The number of benzene rings is 2. The number of methoxy groups -OCH3 is 2. The molecule has 0 spiro atoms. The molecule has 0 saturated heterocycles. The third-order valence-electron chi connectivity index (χ3n) is 3.39. The minimum absolute atomic E-state index is 0.0106. The van der Waals surface area contributed by atoms with Crippen LogP contribution in [0.1, 0.15) is 10.4 Å². The first kappa shape index (κ1) is 19.3. The van der Waals surface area contributed by atoms with Crippen molar-refractivity contribution < 1.29 is 24.1 Å². The molecule has 2 N–H and O–H groups in total. The Kier molecular flexibility index (Phi) is 7.32. The molecule has 25 heavy (non-hydrogen) atoms. The summed E-state index contributed by atoms with van der Waals surface area (Å²) in [5.41, 5.74) is 0.548. The number of halogens is 1. The fourth-order valence-corrected chi connectivity index (χ4v) is 2.68. The summed E-state index contributed by atoms with van der Waals surface area (Å²) in [5.74, 6) is 1.19. The number of rotatable bonds is 8. The molecule has 0 bridgehead atoms. The fourth-order valence-electron chi connectivity index (χ4n) is 2.14. The highest BCUT2D eigenvalue weighted by Crippen LogP contribution is 2.36. The molecule has 0 aliphatic carbocycles. The van der Waals surface area contributed by atoms with Gasteiger partial charge in [0.2, 0.25) is 5.75 Å². The zero-order chi connectivity index (χ0) is 18.2. The number of ether oxygens (including phenoxy) is 3. The van der Waals surface area contributed by atoms with Crippen molar-refractivity contribution in [2.24, 2.45) is 0 Å². The third-order valence-corrected chi connectivity index (χ3v) is 4.06. The number of aliphatic hydroxyl groups is 1. The van der Waals surface area contributed by atoms with Crippen molar-refractivity contribution in [1.29, 1.82) is 0 Å². The van der Waals surface area contributed by atoms with Gasteiger partial charge in [-0.1, -0.05) is 12.1 Å². The molecule has 2 rings (SSSR count). The molecule has 0 saturated carbocycles. The average molecular weight is 457 g/mol. The van der Waals surface area contributed by atoms with E-state index in [-0.39, 0.29) is 19.1 Å². The number of amides is 1. The van der Waals surface area contributed by atoms with Gasteiger partial charge < -0.3 is 24.6 Å². The van der Waals surface area contributed by atoms with Gasteiger partial charge in [0.05, 0.1) is 14.2 Å². The van der Waals surface area contributed by atoms with Crippen molar-refractivity contribution in [2.75, 3.05) is 27.4 Å². The second-order valence-electron chi connectivity index (χ2n) is 5.18. The number of nitrogens with one attached hydrogen (secondary N) is 1. The van der Waals surface area contributed by atoms with Crippen molar-refractivity contribution >= 4 is 28.5 Å². The number of carbonyl (C=O) groups is 1. The number of hydrogen-bond donors (Lipinski definition) is 2. The molecule has 2 aromatic carbocycles. The first-order valence-electron chi connectivity index (χ1n) is 7.60. The van der Waals surface area contributed by atoms with E-state index in [1.54, 1.807) is 30.3 Å². The van der Waals surface area contributed by atoms with Gasteiger partial charge >= 0.3 is 0 Å². The molecule has 0 fully saturated rings. The van der Waals surface area contributed by atoms with Gasteiger partial charge in [-0.25, -0.2) is 0 Å². The van der Waals surface area contributed by atoms with Crippen molar-refractivity contribution in [3.63, 3.8) is 0 Å². The topological polar surface area (TPSA) is 77.0 Å². The summed E-state index contributed by atoms with van der Waals surface area (Å²) in [6.45, 7) is 0.0606. The fraction of sp³-hybridized carbons (Fsp3) is 0.278. The van der Waals surface area contributed by atoms with E-state index in [2.05, 4.69) is 27.9 Å². The normalized spacial score (nSPS) is 11.5. The summed E-state index contributed by atoms with van der Waals surface area (Å²) in [6, 6.07) is 12.5. The van der Waals surface area contributed by atoms with Crippen molar-refractivity contribution in [2.45, 2.75) is 6.10 Å². The van der Waals surface area contributed by atoms with Gasteiger partial charge in [-0.15, -0.1) is 0 Å². The Morgan fingerprint density at radius 1 is 1.16 bits per heavy atom. The molecule has 2 aromatic rings. The quantitative estimate of drug-likeness (QED) is 0.596. The SMILES string of the molecule is COc1cccc(OC)c1OCC(O)CNC(=O)c1cccc(I)c1. The summed E-state index contributed by atoms with van der Waals surface area (Å²) in [6.07, 6.45) is -0.874. The average Bonchev–Trinajstić information content (AvgIpc) is 2.63. The highest BCUT2D eigenvalue weighted by molar-refractivity contribution is 14.1. The van der Waals surface area contributed by atoms with E-state index in [0.717, 1.165) is 3.57 Å². The lowest BCUT2D eigenvalue weighted by Gasteiger charge is -2.17. The molecule has 134 valence electrons. The standard InChI is InChI=1S/C18H20INO5/c1-23-15-7-4-8-16(24-2)17(15)25-11-14(21)10-20-18(22)12-5-3-6-13(19)9-12/h3-9,14,21H,10-11H2,1-2H3,(H,20,22). The van der Waals surface area contributed by atoms with Gasteiger partial charge in [0, 0.05) is 15.7 Å². The Labute approximate surface area is 160 Å². The maximum Gasteiger partial charge on any atom is 0.251 e. The molecule has 0 heterocycles. The minimum Gasteiger partial charge on any atom is -0.493 e. The summed E-state index contributed by atoms with van der Waals surface area (Å²) in [4.78, 5) is 12.1. The molecule has 0 radical (unpaired) electrons. The lowest BCUT2D eigenvalue weighted by Crippen LogP contribution is -2.35. The van der Waals surface area contributed by atoms with E-state index in [4.69, 9.17) is 14.2 Å². The third kappa shape index (κ3) is 5.50. The highest BCUT2D eigenvalue weighted by Gasteiger charge is 2.15. The van der Waals surface area contributed by atoms with Crippen LogP contribution in [-0.4, -0.2) is 44.5 Å². The van der Waals surface area contributed by atoms with Crippen LogP contribution in [0.2, 0.25) is 0 Å². The predicted molar refractivity (Wildman–Crippen MR) is 103 cm³/mol. The van der Waals surface area contributed by atoms with Crippen LogP contribution >= 0.6 is 22.6 Å². The number of aliphatic hydroxyl groups excluding tert-OH is 1. The smallest absolute Gasteiger partial charge is 0.251 e. The van der Waals surface area contributed by atoms with Crippen LogP contribution in [-0.2, 0) is 0 Å². The molecular formula is C18H20INO5. The Morgan fingerprint density at radius 3 is 2.40 bits per heavy atom. The Hall–Kier alpha value is -2.00. The summed E-state index contributed by atoms with van der Waals surface area (Å²) < 4.78 is 17.0. The molecule has 1 amide bonds. The van der Waals surface area contributed by atoms with Gasteiger partial charge in [-0.3, -0.25) is 4.79 Å². The molecule has 1 unspecified atom stereocenters. The van der Waals surface area contributed by atoms with Gasteiger partial charge in [0.15, 0.2) is 11.5 Å². The molecule has 0 aliphatic heterocycles. The number of para-hydroxylation sites is 1. The lowest BCUT2D eigenvalue weighted by atomic mass is 10.2. The second-order valence-corrected chi connectivity index (χ2v) is 6.42. The van der Waals surface area contributed by atoms with Crippen LogP contribution in [0.4, 0.5) is 0 Å². The second kappa shape index (κ2) is 9.47. The van der Waals surface area contributed by atoms with Gasteiger partial charge in [-0.2, -0.15) is 0 Å². The molecule has 1 atom stereocenters. The van der Waals surface area contributed by atoms with Crippen molar-refractivity contribution in [3.05, 3.63) is 51.6 Å². The largest absolute Gasteiger partial charge is 0.493 e. The summed E-state index contributed by atoms with van der Waals surface area (Å²) in [7, 11) is 3.05. The molecule has 6 nitrogen and oxygen atoms in total. The van der Waals surface area contributed by atoms with Crippen LogP contribution < -0.4 is 19.5 Å². The Bertz CT molecular complexity index is 700. The van der Waals surface area contributed by atoms with E-state index >= 15 is 0 Å². The minimum atomic E-state index is -0.874. The number of carbonyl (C=O) groups excluding carboxylic acids is 1. The van der Waals surface area contributed by atoms with E-state index < -0.39 is 6.10 Å². The Morgan fingerprint density at radius 2 is 1.80 bits per heavy atom. The van der Waals surface area contributed by atoms with Crippen LogP contribution in [0, 0.1) is 3.57 Å². The molecular weight excluding hydrogens is 437 g/mol. The van der Waals surface area contributed by atoms with Crippen LogP contribution in [0.5, 0.6) is 17.2 Å². The number of hydrogen-bond acceptors (Lipinski definition) is 5. The van der Waals surface area contributed by atoms with E-state index in [1.165, 1.54) is 14.2 Å².